The summed E-state index contributed by atoms with van der Waals surface area (Å²) in [4.78, 5) is 7.27. The number of likely N-dealkylation sites (tertiary alicyclic amines) is 1. The van der Waals surface area contributed by atoms with E-state index in [0.29, 0.717) is 5.69 Å². The number of likely N-dealkylation sites (N-methyl/N-ethyl adjacent to an activating group) is 1. The Morgan fingerprint density at radius 1 is 1.23 bits per heavy atom. The van der Waals surface area contributed by atoms with Gasteiger partial charge >= 0.3 is 0 Å². The number of ether oxygens (including phenoxy) is 2. The van der Waals surface area contributed by atoms with Gasteiger partial charge in [-0.3, -0.25) is 4.90 Å². The molecule has 2 aromatic rings. The van der Waals surface area contributed by atoms with E-state index in [1.165, 1.54) is 0 Å². The summed E-state index contributed by atoms with van der Waals surface area (Å²) in [7, 11) is 2.19. The van der Waals surface area contributed by atoms with Gasteiger partial charge in [-0.05, 0) is 38.6 Å². The van der Waals surface area contributed by atoms with Crippen LogP contribution in [0.25, 0.3) is 5.52 Å². The third-order valence-electron chi connectivity index (χ3n) is 6.61. The maximum atomic E-state index is 9.36. The Kier molecular flexibility index (Phi) is 5.15. The first-order valence-corrected chi connectivity index (χ1v) is 10.9. The predicted molar refractivity (Wildman–Crippen MR) is 114 cm³/mol. The molecule has 0 N–H and O–H groups in total. The number of aromatic nitrogens is 2. The Balaban J connectivity index is 1.29. The highest BCUT2D eigenvalue weighted by Crippen LogP contribution is 2.31. The standard InChI is InChI=1S/C22H30N6O2/c1-17-12-27(20-4-3-18(11-23)28-21(20)5-7-24-28)14-19(30-17)13-26-8-6-22(16-26)15-25(2)9-10-29-22/h3-5,7,17,19H,6,8-10,12-16H2,1-2H3/t17-,19+,22?/m1/s1. The van der Waals surface area contributed by atoms with Crippen molar-refractivity contribution in [2.24, 2.45) is 0 Å². The number of nitrogens with zero attached hydrogens (tertiary/aromatic N) is 6. The Morgan fingerprint density at radius 3 is 2.97 bits per heavy atom. The maximum Gasteiger partial charge on any atom is 0.142 e. The van der Waals surface area contributed by atoms with Gasteiger partial charge in [0.1, 0.15) is 11.8 Å². The zero-order valence-corrected chi connectivity index (χ0v) is 17.8. The molecule has 0 aliphatic carbocycles. The van der Waals surface area contributed by atoms with Gasteiger partial charge in [0.25, 0.3) is 0 Å². The van der Waals surface area contributed by atoms with Crippen LogP contribution in [0.3, 0.4) is 0 Å². The van der Waals surface area contributed by atoms with Gasteiger partial charge in [-0.25, -0.2) is 4.52 Å². The first kappa shape index (κ1) is 19.8. The molecule has 1 spiro atoms. The molecule has 0 amide bonds. The molecule has 8 heteroatoms. The molecule has 0 aromatic carbocycles. The average Bonchev–Trinajstić information content (AvgIpc) is 3.34. The summed E-state index contributed by atoms with van der Waals surface area (Å²) in [6.45, 7) is 9.64. The molecule has 5 rings (SSSR count). The van der Waals surface area contributed by atoms with Crippen LogP contribution in [0.2, 0.25) is 0 Å². The smallest absolute Gasteiger partial charge is 0.142 e. The molecule has 3 fully saturated rings. The summed E-state index contributed by atoms with van der Waals surface area (Å²) >= 11 is 0. The molecule has 2 aromatic heterocycles. The molecular weight excluding hydrogens is 380 g/mol. The van der Waals surface area contributed by atoms with E-state index < -0.39 is 0 Å². The zero-order valence-electron chi connectivity index (χ0n) is 17.8. The fraction of sp³-hybridized carbons (Fsp3) is 0.636. The van der Waals surface area contributed by atoms with Crippen molar-refractivity contribution < 1.29 is 9.47 Å². The first-order valence-electron chi connectivity index (χ1n) is 10.9. The van der Waals surface area contributed by atoms with Crippen LogP contribution >= 0.6 is 0 Å². The van der Waals surface area contributed by atoms with Crippen molar-refractivity contribution >= 4 is 11.2 Å². The normalized spacial score (nSPS) is 30.9. The number of anilines is 1. The second kappa shape index (κ2) is 7.82. The van der Waals surface area contributed by atoms with Crippen molar-refractivity contribution in [2.75, 3.05) is 64.4 Å². The number of pyridine rings is 1. The minimum absolute atomic E-state index is 0.0101. The molecule has 30 heavy (non-hydrogen) atoms. The van der Waals surface area contributed by atoms with E-state index in [9.17, 15) is 5.26 Å². The van der Waals surface area contributed by atoms with Crippen molar-refractivity contribution in [3.63, 3.8) is 0 Å². The monoisotopic (exact) mass is 410 g/mol. The number of fused-ring (bicyclic) bond motifs is 1. The van der Waals surface area contributed by atoms with Crippen molar-refractivity contribution in [2.45, 2.75) is 31.2 Å². The number of morpholine rings is 2. The SMILES string of the molecule is C[C@@H]1CN(c2ccc(C#N)n3nccc23)C[C@H](CN2CCC3(CN(C)CCO3)C2)O1. The Hall–Kier alpha value is -2.18. The summed E-state index contributed by atoms with van der Waals surface area (Å²) in [5, 5.41) is 13.7. The van der Waals surface area contributed by atoms with Gasteiger partial charge in [-0.1, -0.05) is 0 Å². The lowest BCUT2D eigenvalue weighted by Crippen LogP contribution is -2.53. The van der Waals surface area contributed by atoms with E-state index in [-0.39, 0.29) is 17.8 Å². The summed E-state index contributed by atoms with van der Waals surface area (Å²) in [5.74, 6) is 0. The van der Waals surface area contributed by atoms with Gasteiger partial charge < -0.3 is 19.3 Å². The fourth-order valence-electron chi connectivity index (χ4n) is 5.35. The highest BCUT2D eigenvalue weighted by atomic mass is 16.5. The van der Waals surface area contributed by atoms with Crippen LogP contribution in [0.15, 0.2) is 24.4 Å². The summed E-state index contributed by atoms with van der Waals surface area (Å²) in [6, 6.07) is 8.09. The van der Waals surface area contributed by atoms with Crippen LogP contribution in [-0.4, -0.2) is 96.7 Å². The summed E-state index contributed by atoms with van der Waals surface area (Å²) < 4.78 is 14.3. The number of rotatable bonds is 3. The lowest BCUT2D eigenvalue weighted by molar-refractivity contribution is -0.0975. The van der Waals surface area contributed by atoms with Crippen molar-refractivity contribution in [1.82, 2.24) is 19.4 Å². The number of hydrogen-bond donors (Lipinski definition) is 0. The second-order valence-electron chi connectivity index (χ2n) is 9.07. The van der Waals surface area contributed by atoms with Gasteiger partial charge in [0.15, 0.2) is 0 Å². The summed E-state index contributed by atoms with van der Waals surface area (Å²) in [5.41, 5.74) is 2.63. The van der Waals surface area contributed by atoms with E-state index in [1.807, 2.05) is 18.2 Å². The third kappa shape index (κ3) is 3.67. The molecular formula is C22H30N6O2. The van der Waals surface area contributed by atoms with Crippen LogP contribution in [0.5, 0.6) is 0 Å². The van der Waals surface area contributed by atoms with Gasteiger partial charge in [0.05, 0.1) is 41.8 Å². The number of nitriles is 1. The molecule has 1 unspecified atom stereocenters. The van der Waals surface area contributed by atoms with Gasteiger partial charge in [0.2, 0.25) is 0 Å². The van der Waals surface area contributed by atoms with Gasteiger partial charge in [0, 0.05) is 45.8 Å². The fourth-order valence-corrected chi connectivity index (χ4v) is 5.35. The number of hydrogen-bond acceptors (Lipinski definition) is 7. The Labute approximate surface area is 177 Å². The topological polar surface area (TPSA) is 69.3 Å². The molecule has 3 aliphatic heterocycles. The lowest BCUT2D eigenvalue weighted by atomic mass is 10.0. The van der Waals surface area contributed by atoms with E-state index in [2.05, 4.69) is 39.8 Å². The molecule has 0 bridgehead atoms. The second-order valence-corrected chi connectivity index (χ2v) is 9.07. The van der Waals surface area contributed by atoms with E-state index in [4.69, 9.17) is 9.47 Å². The minimum Gasteiger partial charge on any atom is -0.371 e. The molecule has 160 valence electrons. The van der Waals surface area contributed by atoms with Crippen LogP contribution in [-0.2, 0) is 9.47 Å². The van der Waals surface area contributed by atoms with Crippen molar-refractivity contribution in [3.05, 3.63) is 30.1 Å². The van der Waals surface area contributed by atoms with E-state index in [1.54, 1.807) is 10.7 Å². The zero-order chi connectivity index (χ0) is 20.7. The summed E-state index contributed by atoms with van der Waals surface area (Å²) in [6.07, 6.45) is 3.14. The minimum atomic E-state index is -0.0101. The predicted octanol–water partition coefficient (Wildman–Crippen LogP) is 1.21. The highest BCUT2D eigenvalue weighted by molar-refractivity contribution is 5.74. The molecule has 8 nitrogen and oxygen atoms in total. The molecule has 5 heterocycles. The molecule has 3 aliphatic rings. The first-order chi connectivity index (χ1) is 14.5. The van der Waals surface area contributed by atoms with Gasteiger partial charge in [-0.2, -0.15) is 10.4 Å². The van der Waals surface area contributed by atoms with Crippen molar-refractivity contribution in [1.29, 1.82) is 5.26 Å². The van der Waals surface area contributed by atoms with E-state index in [0.717, 1.165) is 70.0 Å². The van der Waals surface area contributed by atoms with Crippen LogP contribution < -0.4 is 4.90 Å². The van der Waals surface area contributed by atoms with Crippen molar-refractivity contribution in [3.8, 4) is 6.07 Å². The molecule has 3 saturated heterocycles. The lowest BCUT2D eigenvalue weighted by Gasteiger charge is -2.41. The van der Waals surface area contributed by atoms with E-state index >= 15 is 0 Å². The highest BCUT2D eigenvalue weighted by Gasteiger charge is 2.43. The van der Waals surface area contributed by atoms with Gasteiger partial charge in [-0.15, -0.1) is 0 Å². The third-order valence-corrected chi connectivity index (χ3v) is 6.61. The van der Waals surface area contributed by atoms with Crippen LogP contribution in [0.4, 0.5) is 5.69 Å². The average molecular weight is 411 g/mol. The quantitative estimate of drug-likeness (QED) is 0.753. The maximum absolute atomic E-state index is 9.36. The molecule has 0 saturated carbocycles. The molecule has 0 radical (unpaired) electrons. The largest absolute Gasteiger partial charge is 0.371 e. The Bertz CT molecular complexity index is 955. The van der Waals surface area contributed by atoms with Crippen LogP contribution in [0, 0.1) is 11.3 Å². The Morgan fingerprint density at radius 2 is 2.13 bits per heavy atom. The van der Waals surface area contributed by atoms with Crippen LogP contribution in [0.1, 0.15) is 19.0 Å². The molecule has 3 atom stereocenters.